The molecule has 6 unspecified atom stereocenters. The molecule has 0 aliphatic carbocycles. The van der Waals surface area contributed by atoms with Crippen LogP contribution in [0.5, 0.6) is 0 Å². The fraction of sp³-hybridized carbons (Fsp3) is 0.889. The first-order valence-corrected chi connectivity index (χ1v) is 18.3. The van der Waals surface area contributed by atoms with Gasteiger partial charge in [0.15, 0.2) is 0 Å². The van der Waals surface area contributed by atoms with Crippen molar-refractivity contribution in [1.29, 1.82) is 0 Å². The largest absolute Gasteiger partial charge is 2.00 e. The van der Waals surface area contributed by atoms with Crippen LogP contribution in [-0.4, -0.2) is 157 Å². The van der Waals surface area contributed by atoms with E-state index in [1.54, 1.807) is 27.7 Å². The number of aliphatic hydroxyl groups is 2. The number of rotatable bonds is 30. The third-order valence-electron chi connectivity index (χ3n) is 9.41. The molecule has 0 aliphatic rings. The summed E-state index contributed by atoms with van der Waals surface area (Å²) in [7, 11) is 0. The van der Waals surface area contributed by atoms with E-state index in [9.17, 15) is 49.8 Å². The van der Waals surface area contributed by atoms with Crippen molar-refractivity contribution >= 4 is 61.6 Å². The van der Waals surface area contributed by atoms with Gasteiger partial charge in [0.05, 0.1) is 52.5 Å². The van der Waals surface area contributed by atoms with E-state index in [0.29, 0.717) is 61.3 Å². The molecule has 0 heterocycles. The number of unbranched alkanes of at least 4 members (excludes halogenated alkanes) is 10. The van der Waals surface area contributed by atoms with Crippen LogP contribution in [0.1, 0.15) is 119 Å². The van der Waals surface area contributed by atoms with Crippen LogP contribution in [0.15, 0.2) is 0 Å². The van der Waals surface area contributed by atoms with Crippen LogP contribution in [0.4, 0.5) is 0 Å². The van der Waals surface area contributed by atoms with Gasteiger partial charge >= 0.3 is 49.7 Å². The number of aliphatic carboxylic acids is 4. The van der Waals surface area contributed by atoms with Crippen molar-refractivity contribution in [2.24, 2.45) is 23.7 Å². The van der Waals surface area contributed by atoms with Crippen molar-refractivity contribution in [3.8, 4) is 0 Å². The number of carbonyl (C=O) groups excluding carboxylic acids is 2. The summed E-state index contributed by atoms with van der Waals surface area (Å²) >= 11 is 0. The number of hydrogen-bond donors (Lipinski definition) is 4. The van der Waals surface area contributed by atoms with Crippen LogP contribution in [-0.2, 0) is 19.2 Å². The predicted molar refractivity (Wildman–Crippen MR) is 188 cm³/mol. The van der Waals surface area contributed by atoms with Crippen LogP contribution >= 0.6 is 0 Å². The second-order valence-electron chi connectivity index (χ2n) is 14.2. The third kappa shape index (κ3) is 25.6. The summed E-state index contributed by atoms with van der Waals surface area (Å²) in [5.41, 5.74) is 0. The Hall–Kier alpha value is -1.02. The van der Waals surface area contributed by atoms with Crippen LogP contribution in [0, 0.1) is 23.7 Å². The first-order valence-electron chi connectivity index (χ1n) is 18.3. The molecule has 0 aromatic carbocycles. The van der Waals surface area contributed by atoms with E-state index in [1.807, 2.05) is 0 Å². The molecule has 0 saturated carbocycles. The van der Waals surface area contributed by atoms with E-state index in [4.69, 9.17) is 0 Å². The van der Waals surface area contributed by atoms with E-state index in [1.165, 1.54) is 38.5 Å². The van der Waals surface area contributed by atoms with E-state index in [-0.39, 0.29) is 51.0 Å². The van der Waals surface area contributed by atoms with Crippen LogP contribution in [0.3, 0.4) is 0 Å². The van der Waals surface area contributed by atoms with Crippen molar-refractivity contribution in [2.75, 3.05) is 65.6 Å². The van der Waals surface area contributed by atoms with Gasteiger partial charge < -0.3 is 49.2 Å². The Morgan fingerprint density at radius 3 is 1.00 bits per heavy atom. The average molecular weight is 731 g/mol. The van der Waals surface area contributed by atoms with E-state index in [2.05, 4.69) is 13.8 Å². The van der Waals surface area contributed by atoms with E-state index >= 15 is 0 Å². The maximum absolute atomic E-state index is 11.2. The Labute approximate surface area is 326 Å². The summed E-state index contributed by atoms with van der Waals surface area (Å²) < 4.78 is 0.653. The van der Waals surface area contributed by atoms with Gasteiger partial charge in [-0.3, -0.25) is 9.59 Å². The Morgan fingerprint density at radius 2 is 0.755 bits per heavy atom. The molecule has 6 atom stereocenters. The van der Waals surface area contributed by atoms with Gasteiger partial charge in [0.2, 0.25) is 0 Å². The van der Waals surface area contributed by atoms with Crippen molar-refractivity contribution < 1.29 is 58.8 Å². The van der Waals surface area contributed by atoms with Gasteiger partial charge in [-0.2, -0.15) is 0 Å². The predicted octanol–water partition coefficient (Wildman–Crippen LogP) is 2.14. The molecule has 284 valence electrons. The van der Waals surface area contributed by atoms with Crippen molar-refractivity contribution in [2.45, 2.75) is 119 Å². The molecule has 0 aliphatic heterocycles. The molecule has 13 heteroatoms. The first-order chi connectivity index (χ1) is 22.6. The number of quaternary nitrogens is 2. The average Bonchev–Trinajstić information content (AvgIpc) is 3.00. The van der Waals surface area contributed by atoms with E-state index < -0.39 is 47.5 Å². The minimum atomic E-state index is -1.12. The molecule has 0 saturated heterocycles. The minimum absolute atomic E-state index is 0. The van der Waals surface area contributed by atoms with Crippen molar-refractivity contribution in [1.82, 2.24) is 0 Å². The Bertz CT molecular complexity index is 778. The third-order valence-corrected chi connectivity index (χ3v) is 9.41. The molecule has 0 fully saturated rings. The molecule has 0 rings (SSSR count). The molecule has 49 heavy (non-hydrogen) atoms. The number of aliphatic hydroxyl groups excluding tert-OH is 2. The van der Waals surface area contributed by atoms with Gasteiger partial charge in [0, 0.05) is 23.8 Å². The molecule has 0 aromatic heterocycles. The monoisotopic (exact) mass is 730 g/mol. The maximum atomic E-state index is 11.2. The first kappa shape index (κ1) is 52.3. The summed E-state index contributed by atoms with van der Waals surface area (Å²) in [6, 6.07) is 0. The molecule has 0 bridgehead atoms. The molecular weight excluding hydrogens is 660 g/mol. The Morgan fingerprint density at radius 1 is 0.490 bits per heavy atom. The van der Waals surface area contributed by atoms with Gasteiger partial charge in [-0.1, -0.05) is 79.1 Å². The summed E-state index contributed by atoms with van der Waals surface area (Å²) in [5, 5.41) is 59.7. The minimum Gasteiger partial charge on any atom is -0.550 e. The summed E-state index contributed by atoms with van der Waals surface area (Å²) in [6.07, 6.45) is 13.4. The fourth-order valence-electron chi connectivity index (χ4n) is 6.61. The number of hydrogen-bond acceptors (Lipinski definition) is 8. The number of carbonyl (C=O) groups is 4. The van der Waals surface area contributed by atoms with Crippen molar-refractivity contribution in [3.05, 3.63) is 0 Å². The van der Waals surface area contributed by atoms with Crippen LogP contribution in [0.2, 0.25) is 0 Å². The SMILES string of the molecule is CCCCCCCC[N+](CCO)(CC(C)C(=O)[O-])CC(C)C(=O)O.CCCCCCCC[N+](CCO)(CC(C)C(=O)[O-])CC(C)C(=O)O.[Ca+2]. The Balaban J connectivity index is -0.000000846. The molecule has 0 radical (unpaired) electrons. The van der Waals surface area contributed by atoms with Gasteiger partial charge in [-0.25, -0.2) is 0 Å². The fourth-order valence-corrected chi connectivity index (χ4v) is 6.61. The number of carboxylic acids is 4. The van der Waals surface area contributed by atoms with Gasteiger partial charge in [-0.05, 0) is 39.5 Å². The maximum Gasteiger partial charge on any atom is 2.00 e. The van der Waals surface area contributed by atoms with Crippen LogP contribution in [0.25, 0.3) is 0 Å². The zero-order valence-electron chi connectivity index (χ0n) is 31.7. The molecule has 4 N–H and O–H groups in total. The van der Waals surface area contributed by atoms with E-state index in [0.717, 1.165) is 38.5 Å². The quantitative estimate of drug-likeness (QED) is 0.0483. The second-order valence-corrected chi connectivity index (χ2v) is 14.2. The molecule has 12 nitrogen and oxygen atoms in total. The zero-order chi connectivity index (χ0) is 37.2. The molecule has 0 spiro atoms. The molecular formula is C36H70CaN2O10+2. The Kier molecular flexibility index (Phi) is 32.7. The smallest absolute Gasteiger partial charge is 0.550 e. The van der Waals surface area contributed by atoms with Gasteiger partial charge in [0.1, 0.15) is 24.9 Å². The summed E-state index contributed by atoms with van der Waals surface area (Å²) in [4.78, 5) is 44.8. The summed E-state index contributed by atoms with van der Waals surface area (Å²) in [6.45, 7) is 14.0. The number of carboxylic acid groups (broad SMARTS) is 4. The van der Waals surface area contributed by atoms with Gasteiger partial charge in [-0.15, -0.1) is 0 Å². The summed E-state index contributed by atoms with van der Waals surface area (Å²) in [5.74, 6) is -6.52. The number of nitrogens with zero attached hydrogens (tertiary/aromatic N) is 2. The normalized spacial score (nSPS) is 16.0. The van der Waals surface area contributed by atoms with Gasteiger partial charge in [0.25, 0.3) is 0 Å². The standard InChI is InChI=1S/2C18H35NO5.Ca/c2*1-4-5-6-7-8-9-10-19(11-12-20,13-15(2)17(21)22)14-16(3)18(23)24;/h2*15-16,20H,4-14H2,1-3H3,(H-,21,22,23,24);/q;;+2. The topological polar surface area (TPSA) is 195 Å². The zero-order valence-corrected chi connectivity index (χ0v) is 33.9. The molecule has 0 amide bonds. The van der Waals surface area contributed by atoms with Crippen LogP contribution < -0.4 is 10.2 Å². The molecule has 0 aromatic rings. The second kappa shape index (κ2) is 30.6. The van der Waals surface area contributed by atoms with Crippen molar-refractivity contribution in [3.63, 3.8) is 0 Å².